The van der Waals surface area contributed by atoms with Crippen LogP contribution in [0.4, 0.5) is 5.69 Å². The van der Waals surface area contributed by atoms with Crippen LogP contribution < -0.4 is 10.1 Å². The molecule has 1 aromatic carbocycles. The summed E-state index contributed by atoms with van der Waals surface area (Å²) in [6.45, 7) is 0. The summed E-state index contributed by atoms with van der Waals surface area (Å²) >= 11 is 3.27. The van der Waals surface area contributed by atoms with E-state index in [2.05, 4.69) is 26.2 Å². The minimum atomic E-state index is -1.14. The highest BCUT2D eigenvalue weighted by atomic mass is 79.9. The number of aromatic nitrogens is 1. The second kappa shape index (κ2) is 6.36. The highest BCUT2D eigenvalue weighted by Crippen LogP contribution is 2.24. The molecule has 7 heteroatoms. The number of halogens is 1. The topological polar surface area (TPSA) is 88.5 Å². The highest BCUT2D eigenvalue weighted by molar-refractivity contribution is 9.10. The maximum atomic E-state index is 12.3. The molecule has 0 saturated heterocycles. The summed E-state index contributed by atoms with van der Waals surface area (Å²) in [4.78, 5) is 27.2. The number of benzene rings is 1. The third-order valence-corrected chi connectivity index (χ3v) is 3.41. The summed E-state index contributed by atoms with van der Waals surface area (Å²) in [7, 11) is 1.49. The number of aromatic carboxylic acids is 1. The molecule has 0 spiro atoms. The fraction of sp³-hybridized carbons (Fsp3) is 0.0714. The molecule has 0 aliphatic heterocycles. The van der Waals surface area contributed by atoms with Gasteiger partial charge in [-0.3, -0.25) is 9.78 Å². The van der Waals surface area contributed by atoms with Crippen molar-refractivity contribution in [1.82, 2.24) is 4.98 Å². The summed E-state index contributed by atoms with van der Waals surface area (Å²) in [5.74, 6) is -1.08. The number of carboxylic acids is 1. The SMILES string of the molecule is COc1ccc(Br)c(C(=O)Nc2cnccc2C(=O)O)c1. The van der Waals surface area contributed by atoms with Gasteiger partial charge in [0.05, 0.1) is 30.1 Å². The van der Waals surface area contributed by atoms with E-state index in [0.717, 1.165) is 0 Å². The Bertz CT molecular complexity index is 703. The summed E-state index contributed by atoms with van der Waals surface area (Å²) in [5, 5.41) is 11.6. The first-order valence-corrected chi connectivity index (χ1v) is 6.64. The number of nitrogens with zero attached hydrogens (tertiary/aromatic N) is 1. The molecule has 6 nitrogen and oxygen atoms in total. The predicted octanol–water partition coefficient (Wildman–Crippen LogP) is 2.80. The number of anilines is 1. The van der Waals surface area contributed by atoms with Crippen LogP contribution >= 0.6 is 15.9 Å². The smallest absolute Gasteiger partial charge is 0.337 e. The Morgan fingerprint density at radius 2 is 2.05 bits per heavy atom. The van der Waals surface area contributed by atoms with Gasteiger partial charge in [0.25, 0.3) is 5.91 Å². The lowest BCUT2D eigenvalue weighted by Gasteiger charge is -2.10. The first kappa shape index (κ1) is 15.0. The van der Waals surface area contributed by atoms with Crippen LogP contribution in [-0.4, -0.2) is 29.1 Å². The summed E-state index contributed by atoms with van der Waals surface area (Å²) in [6.07, 6.45) is 2.63. The van der Waals surface area contributed by atoms with Gasteiger partial charge in [0.2, 0.25) is 0 Å². The Balaban J connectivity index is 2.33. The number of hydrogen-bond donors (Lipinski definition) is 2. The van der Waals surface area contributed by atoms with Crippen LogP contribution in [0.2, 0.25) is 0 Å². The number of carbonyl (C=O) groups excluding carboxylic acids is 1. The first-order chi connectivity index (χ1) is 10.0. The van der Waals surface area contributed by atoms with E-state index in [9.17, 15) is 9.59 Å². The Morgan fingerprint density at radius 1 is 1.29 bits per heavy atom. The van der Waals surface area contributed by atoms with Crippen molar-refractivity contribution in [2.24, 2.45) is 0 Å². The maximum Gasteiger partial charge on any atom is 0.337 e. The maximum absolute atomic E-state index is 12.3. The van der Waals surface area contributed by atoms with Gasteiger partial charge in [0.1, 0.15) is 5.75 Å². The number of carbonyl (C=O) groups is 2. The molecular weight excluding hydrogens is 340 g/mol. The molecule has 1 aromatic heterocycles. The van der Waals surface area contributed by atoms with Crippen molar-refractivity contribution in [3.8, 4) is 5.75 Å². The van der Waals surface area contributed by atoms with Crippen molar-refractivity contribution in [2.45, 2.75) is 0 Å². The third kappa shape index (κ3) is 3.38. The van der Waals surface area contributed by atoms with Crippen molar-refractivity contribution in [3.05, 3.63) is 52.3 Å². The molecule has 21 heavy (non-hydrogen) atoms. The average Bonchev–Trinajstić information content (AvgIpc) is 2.48. The number of pyridine rings is 1. The number of hydrogen-bond acceptors (Lipinski definition) is 4. The van der Waals surface area contributed by atoms with E-state index >= 15 is 0 Å². The predicted molar refractivity (Wildman–Crippen MR) is 79.8 cm³/mol. The number of methoxy groups -OCH3 is 1. The summed E-state index contributed by atoms with van der Waals surface area (Å²) in [6, 6.07) is 6.25. The highest BCUT2D eigenvalue weighted by Gasteiger charge is 2.16. The molecule has 0 fully saturated rings. The minimum Gasteiger partial charge on any atom is -0.497 e. The van der Waals surface area contributed by atoms with E-state index in [-0.39, 0.29) is 11.3 Å². The van der Waals surface area contributed by atoms with Gasteiger partial charge in [-0.05, 0) is 40.2 Å². The van der Waals surface area contributed by atoms with Gasteiger partial charge in [-0.25, -0.2) is 4.79 Å². The number of ether oxygens (including phenoxy) is 1. The second-order valence-corrected chi connectivity index (χ2v) is 4.88. The monoisotopic (exact) mass is 350 g/mol. The molecule has 0 aliphatic rings. The van der Waals surface area contributed by atoms with E-state index < -0.39 is 11.9 Å². The summed E-state index contributed by atoms with van der Waals surface area (Å²) in [5.41, 5.74) is 0.427. The molecule has 1 amide bonds. The standard InChI is InChI=1S/C14H11BrN2O4/c1-21-8-2-3-11(15)10(6-8)13(18)17-12-7-16-5-4-9(12)14(19)20/h2-7H,1H3,(H,17,18)(H,19,20). The lowest BCUT2D eigenvalue weighted by molar-refractivity contribution is 0.0698. The normalized spacial score (nSPS) is 10.0. The molecule has 0 atom stereocenters. The number of rotatable bonds is 4. The molecule has 1 heterocycles. The van der Waals surface area contributed by atoms with Crippen molar-refractivity contribution in [2.75, 3.05) is 12.4 Å². The zero-order valence-electron chi connectivity index (χ0n) is 11.0. The molecule has 0 bridgehead atoms. The van der Waals surface area contributed by atoms with Crippen molar-refractivity contribution in [3.63, 3.8) is 0 Å². The van der Waals surface area contributed by atoms with Gasteiger partial charge in [-0.2, -0.15) is 0 Å². The minimum absolute atomic E-state index is 0.0302. The second-order valence-electron chi connectivity index (χ2n) is 4.03. The average molecular weight is 351 g/mol. The zero-order valence-corrected chi connectivity index (χ0v) is 12.5. The lowest BCUT2D eigenvalue weighted by Crippen LogP contribution is -2.15. The van der Waals surface area contributed by atoms with E-state index in [1.54, 1.807) is 18.2 Å². The van der Waals surface area contributed by atoms with Crippen LogP contribution in [0.25, 0.3) is 0 Å². The lowest BCUT2D eigenvalue weighted by atomic mass is 10.1. The Morgan fingerprint density at radius 3 is 2.71 bits per heavy atom. The molecule has 0 radical (unpaired) electrons. The van der Waals surface area contributed by atoms with Crippen LogP contribution in [0.1, 0.15) is 20.7 Å². The third-order valence-electron chi connectivity index (χ3n) is 2.72. The number of amides is 1. The van der Waals surface area contributed by atoms with Gasteiger partial charge in [-0.1, -0.05) is 0 Å². The van der Waals surface area contributed by atoms with Crippen LogP contribution in [0.5, 0.6) is 5.75 Å². The van der Waals surface area contributed by atoms with E-state index in [0.29, 0.717) is 15.8 Å². The summed E-state index contributed by atoms with van der Waals surface area (Å²) < 4.78 is 5.64. The van der Waals surface area contributed by atoms with E-state index in [4.69, 9.17) is 9.84 Å². The van der Waals surface area contributed by atoms with Crippen molar-refractivity contribution < 1.29 is 19.4 Å². The van der Waals surface area contributed by atoms with Gasteiger partial charge in [0, 0.05) is 10.7 Å². The molecular formula is C14H11BrN2O4. The molecule has 2 N–H and O–H groups in total. The van der Waals surface area contributed by atoms with Crippen LogP contribution in [-0.2, 0) is 0 Å². The molecule has 2 aromatic rings. The van der Waals surface area contributed by atoms with Gasteiger partial charge in [-0.15, -0.1) is 0 Å². The number of nitrogens with one attached hydrogen (secondary N) is 1. The van der Waals surface area contributed by atoms with E-state index in [1.165, 1.54) is 25.6 Å². The zero-order chi connectivity index (χ0) is 15.4. The number of carboxylic acid groups (broad SMARTS) is 1. The molecule has 108 valence electrons. The van der Waals surface area contributed by atoms with Crippen LogP contribution in [0.3, 0.4) is 0 Å². The largest absolute Gasteiger partial charge is 0.497 e. The van der Waals surface area contributed by atoms with Gasteiger partial charge < -0.3 is 15.2 Å². The Labute approximate surface area is 128 Å². The van der Waals surface area contributed by atoms with Gasteiger partial charge >= 0.3 is 5.97 Å². The van der Waals surface area contributed by atoms with Crippen molar-refractivity contribution >= 4 is 33.5 Å². The Kier molecular flexibility index (Phi) is 4.54. The van der Waals surface area contributed by atoms with Crippen LogP contribution in [0, 0.1) is 0 Å². The molecule has 2 rings (SSSR count). The first-order valence-electron chi connectivity index (χ1n) is 5.85. The van der Waals surface area contributed by atoms with Crippen LogP contribution in [0.15, 0.2) is 41.1 Å². The fourth-order valence-corrected chi connectivity index (χ4v) is 2.10. The Hall–Kier alpha value is -2.41. The molecule has 0 saturated carbocycles. The molecule has 0 unspecified atom stereocenters. The molecule has 0 aliphatic carbocycles. The van der Waals surface area contributed by atoms with Crippen molar-refractivity contribution in [1.29, 1.82) is 0 Å². The fourth-order valence-electron chi connectivity index (χ4n) is 1.68. The van der Waals surface area contributed by atoms with Gasteiger partial charge in [0.15, 0.2) is 0 Å². The quantitative estimate of drug-likeness (QED) is 0.884. The van der Waals surface area contributed by atoms with E-state index in [1.807, 2.05) is 0 Å².